The van der Waals surface area contributed by atoms with Gasteiger partial charge in [-0.1, -0.05) is 38.5 Å². The summed E-state index contributed by atoms with van der Waals surface area (Å²) < 4.78 is 27.6. The molecule has 0 radical (unpaired) electrons. The lowest BCUT2D eigenvalue weighted by Gasteiger charge is -2.42. The second-order valence-electron chi connectivity index (χ2n) is 11.0. The Morgan fingerprint density at radius 3 is 2.26 bits per heavy atom. The maximum atomic E-state index is 13.0. The number of hydrogen-bond acceptors (Lipinski definition) is 6. The van der Waals surface area contributed by atoms with Gasteiger partial charge < -0.3 is 16.4 Å². The number of amidine groups is 1. The molecule has 3 aliphatic rings. The Bertz CT molecular complexity index is 1120. The van der Waals surface area contributed by atoms with Crippen LogP contribution < -0.4 is 16.6 Å². The molecule has 12 heteroatoms. The maximum absolute atomic E-state index is 13.0. The van der Waals surface area contributed by atoms with Crippen LogP contribution in [0.3, 0.4) is 0 Å². The van der Waals surface area contributed by atoms with E-state index in [0.29, 0.717) is 24.3 Å². The van der Waals surface area contributed by atoms with Crippen molar-refractivity contribution in [1.29, 1.82) is 0 Å². The summed E-state index contributed by atoms with van der Waals surface area (Å²) in [5.74, 6) is -0.476. The first kappa shape index (κ1) is 29.1. The van der Waals surface area contributed by atoms with E-state index in [1.165, 1.54) is 16.2 Å². The van der Waals surface area contributed by atoms with Crippen molar-refractivity contribution in [2.45, 2.75) is 108 Å². The zero-order valence-electron chi connectivity index (χ0n) is 22.3. The third kappa shape index (κ3) is 6.64. The first-order valence-corrected chi connectivity index (χ1v) is 16.3. The molecule has 3 atom stereocenters. The van der Waals surface area contributed by atoms with Crippen molar-refractivity contribution >= 4 is 39.2 Å². The third-order valence-corrected chi connectivity index (χ3v) is 10.5. The van der Waals surface area contributed by atoms with Crippen LogP contribution in [0.1, 0.15) is 99.8 Å². The summed E-state index contributed by atoms with van der Waals surface area (Å²) in [6.45, 7) is 2.08. The van der Waals surface area contributed by atoms with Crippen molar-refractivity contribution in [3.8, 4) is 0 Å². The molecule has 0 spiro atoms. The van der Waals surface area contributed by atoms with E-state index in [2.05, 4.69) is 4.99 Å². The smallest absolute Gasteiger partial charge is 0.277 e. The number of amides is 2. The molecule has 0 aromatic carbocycles. The highest BCUT2D eigenvalue weighted by molar-refractivity contribution is 7.86. The van der Waals surface area contributed by atoms with Gasteiger partial charge in [0.1, 0.15) is 11.9 Å². The molecule has 212 valence electrons. The normalized spacial score (nSPS) is 24.1. The van der Waals surface area contributed by atoms with Gasteiger partial charge in [0.05, 0.1) is 17.0 Å². The summed E-state index contributed by atoms with van der Waals surface area (Å²) in [6.07, 6.45) is 11.2. The molecule has 0 bridgehead atoms. The predicted octanol–water partition coefficient (Wildman–Crippen LogP) is 2.78. The fraction of sp³-hybridized carbons (Fsp3) is 0.731. The van der Waals surface area contributed by atoms with E-state index >= 15 is 0 Å². The van der Waals surface area contributed by atoms with Gasteiger partial charge in [-0.2, -0.15) is 17.7 Å². The zero-order chi connectivity index (χ0) is 27.4. The van der Waals surface area contributed by atoms with Gasteiger partial charge in [-0.3, -0.25) is 9.59 Å². The van der Waals surface area contributed by atoms with E-state index in [1.54, 1.807) is 11.2 Å². The average molecular weight is 567 g/mol. The topological polar surface area (TPSA) is 165 Å². The molecular formula is C26H42N6O4S2. The van der Waals surface area contributed by atoms with Gasteiger partial charge in [-0.05, 0) is 63.5 Å². The van der Waals surface area contributed by atoms with Gasteiger partial charge in [0.25, 0.3) is 16.1 Å². The van der Waals surface area contributed by atoms with Crippen LogP contribution in [0, 0.1) is 5.92 Å². The van der Waals surface area contributed by atoms with Crippen molar-refractivity contribution in [3.63, 3.8) is 0 Å². The number of rotatable bonds is 8. The van der Waals surface area contributed by atoms with E-state index in [0.717, 1.165) is 69.1 Å². The van der Waals surface area contributed by atoms with Crippen molar-refractivity contribution in [2.24, 2.45) is 27.5 Å². The van der Waals surface area contributed by atoms with E-state index in [1.807, 2.05) is 12.1 Å². The molecule has 2 saturated carbocycles. The average Bonchev–Trinajstić information content (AvgIpc) is 3.57. The van der Waals surface area contributed by atoms with Crippen LogP contribution in [0.5, 0.6) is 0 Å². The number of thiophene rings is 1. The van der Waals surface area contributed by atoms with Gasteiger partial charge in [0, 0.05) is 17.5 Å². The second-order valence-corrected chi connectivity index (χ2v) is 13.6. The Morgan fingerprint density at radius 2 is 1.66 bits per heavy atom. The number of likely N-dealkylation sites (tertiary alicyclic amines) is 1. The zero-order valence-corrected chi connectivity index (χ0v) is 23.9. The second kappa shape index (κ2) is 12.5. The van der Waals surface area contributed by atoms with E-state index in [9.17, 15) is 18.0 Å². The summed E-state index contributed by atoms with van der Waals surface area (Å²) in [4.78, 5) is 32.6. The Kier molecular flexibility index (Phi) is 9.62. The molecule has 1 aromatic heterocycles. The number of hydrogen-bond donors (Lipinski definition) is 3. The molecule has 2 heterocycles. The van der Waals surface area contributed by atoms with Crippen molar-refractivity contribution in [2.75, 3.05) is 6.54 Å². The van der Waals surface area contributed by atoms with Crippen molar-refractivity contribution < 1.29 is 18.0 Å². The predicted molar refractivity (Wildman–Crippen MR) is 150 cm³/mol. The van der Waals surface area contributed by atoms with Crippen LogP contribution in [-0.4, -0.2) is 59.9 Å². The summed E-state index contributed by atoms with van der Waals surface area (Å²) >= 11 is 1.38. The molecule has 3 fully saturated rings. The monoisotopic (exact) mass is 566 g/mol. The van der Waals surface area contributed by atoms with Gasteiger partial charge in [-0.15, -0.1) is 11.3 Å². The number of aliphatic imine (C=N–C) groups is 1. The molecule has 4 rings (SSSR count). The molecule has 1 aliphatic heterocycles. The van der Waals surface area contributed by atoms with E-state index in [4.69, 9.17) is 16.6 Å². The first-order chi connectivity index (χ1) is 18.1. The van der Waals surface area contributed by atoms with Crippen molar-refractivity contribution in [3.05, 3.63) is 21.9 Å². The minimum Gasteiger partial charge on any atom is -0.382 e. The van der Waals surface area contributed by atoms with Crippen LogP contribution in [0.25, 0.3) is 0 Å². The summed E-state index contributed by atoms with van der Waals surface area (Å²) in [6, 6.07) is 1.90. The Hall–Kier alpha value is -1.86. The molecule has 1 unspecified atom stereocenters. The number of carbonyl (C=O) groups excluding carboxylic acids is 2. The fourth-order valence-electron chi connectivity index (χ4n) is 6.39. The van der Waals surface area contributed by atoms with Gasteiger partial charge in [-0.25, -0.2) is 5.14 Å². The van der Waals surface area contributed by atoms with Gasteiger partial charge >= 0.3 is 0 Å². The van der Waals surface area contributed by atoms with E-state index in [-0.39, 0.29) is 29.7 Å². The maximum Gasteiger partial charge on any atom is 0.277 e. The molecule has 2 amide bonds. The quantitative estimate of drug-likeness (QED) is 0.323. The lowest BCUT2D eigenvalue weighted by Crippen LogP contribution is -2.49. The summed E-state index contributed by atoms with van der Waals surface area (Å²) in [5.41, 5.74) is 12.1. The van der Waals surface area contributed by atoms with Crippen LogP contribution in [-0.2, 0) is 19.8 Å². The molecular weight excluding hydrogens is 524 g/mol. The Labute approximate surface area is 230 Å². The molecule has 10 nitrogen and oxygen atoms in total. The molecule has 38 heavy (non-hydrogen) atoms. The highest BCUT2D eigenvalue weighted by Gasteiger charge is 2.41. The standard InChI is InChI=1S/C26H42N6O4S2/c1-17(27)26(34)31-16-8-13-20(31)25(33)30-24(28)22-15-14-21(37-22)23(18-9-4-2-5-10-18)32(38(29,35)36)19-11-6-3-7-12-19/h14-15,17-20,23H,2-13,16,27H2,1H3,(H2,28,30,33)(H2,29,35,36)/t17-,20-,23?/m0/s1. The lowest BCUT2D eigenvalue weighted by atomic mass is 9.82. The highest BCUT2D eigenvalue weighted by atomic mass is 32.2. The van der Waals surface area contributed by atoms with Gasteiger partial charge in [0.2, 0.25) is 5.91 Å². The van der Waals surface area contributed by atoms with Crippen LogP contribution >= 0.6 is 11.3 Å². The number of carbonyl (C=O) groups is 2. The fourth-order valence-corrected chi connectivity index (χ4v) is 8.79. The summed E-state index contributed by atoms with van der Waals surface area (Å²) in [5, 5.41) is 5.89. The van der Waals surface area contributed by atoms with Crippen LogP contribution in [0.4, 0.5) is 0 Å². The first-order valence-electron chi connectivity index (χ1n) is 13.9. The largest absolute Gasteiger partial charge is 0.382 e. The third-order valence-electron chi connectivity index (χ3n) is 8.21. The SMILES string of the molecule is C[C@H](N)C(=O)N1CCC[C@H]1C(=O)N=C(N)c1ccc(C(C2CCCCC2)N(C2CCCCC2)S(N)(=O)=O)s1. The minimum atomic E-state index is -3.95. The molecule has 1 saturated heterocycles. The van der Waals surface area contributed by atoms with Crippen LogP contribution in [0.15, 0.2) is 17.1 Å². The number of nitrogens with zero attached hydrogens (tertiary/aromatic N) is 3. The summed E-state index contributed by atoms with van der Waals surface area (Å²) in [7, 11) is -3.95. The molecule has 1 aromatic rings. The van der Waals surface area contributed by atoms with E-state index < -0.39 is 28.2 Å². The Morgan fingerprint density at radius 1 is 1.03 bits per heavy atom. The highest BCUT2D eigenvalue weighted by Crippen LogP contribution is 2.44. The number of nitrogens with two attached hydrogens (primary N) is 3. The lowest BCUT2D eigenvalue weighted by molar-refractivity contribution is -0.137. The Balaban J connectivity index is 1.62. The molecule has 2 aliphatic carbocycles. The van der Waals surface area contributed by atoms with Crippen molar-refractivity contribution in [1.82, 2.24) is 9.21 Å². The minimum absolute atomic E-state index is 0.0774. The molecule has 6 N–H and O–H groups in total. The van der Waals surface area contributed by atoms with Crippen LogP contribution in [0.2, 0.25) is 0 Å². The van der Waals surface area contributed by atoms with Gasteiger partial charge in [0.15, 0.2) is 0 Å².